The smallest absolute Gasteiger partial charge is 0.230 e. The highest BCUT2D eigenvalue weighted by Gasteiger charge is 2.38. The van der Waals surface area contributed by atoms with Gasteiger partial charge in [-0.2, -0.15) is 0 Å². The van der Waals surface area contributed by atoms with E-state index in [-0.39, 0.29) is 42.7 Å². The third-order valence-corrected chi connectivity index (χ3v) is 2.56. The number of rotatable bonds is 2. The van der Waals surface area contributed by atoms with Gasteiger partial charge < -0.3 is 10.0 Å². The molecule has 0 aliphatic carbocycles. The lowest BCUT2D eigenvalue weighted by Gasteiger charge is -2.36. The number of ketones is 1. The number of hydrogen-bond donors (Lipinski definition) is 1. The van der Waals surface area contributed by atoms with E-state index in [4.69, 9.17) is 0 Å². The van der Waals surface area contributed by atoms with Crippen LogP contribution in [0.15, 0.2) is 0 Å². The SMILES string of the molecule is CC(C)(C)[C@@H](CO)N1CC(=O)CC1=O. The molecule has 0 unspecified atom stereocenters. The Balaban J connectivity index is 2.81. The summed E-state index contributed by atoms with van der Waals surface area (Å²) in [5.74, 6) is -0.221. The van der Waals surface area contributed by atoms with Crippen LogP contribution in [-0.4, -0.2) is 40.9 Å². The number of carbonyl (C=O) groups is 2. The third kappa shape index (κ3) is 2.12. The molecule has 0 saturated carbocycles. The number of Topliss-reactive ketones (excluding diaryl/α,β-unsaturated/α-hetero) is 1. The first-order valence-electron chi connectivity index (χ1n) is 4.78. The van der Waals surface area contributed by atoms with Crippen LogP contribution >= 0.6 is 0 Å². The van der Waals surface area contributed by atoms with Gasteiger partial charge in [-0.3, -0.25) is 9.59 Å². The van der Waals surface area contributed by atoms with Crippen molar-refractivity contribution in [2.75, 3.05) is 13.2 Å². The zero-order valence-corrected chi connectivity index (χ0v) is 8.91. The van der Waals surface area contributed by atoms with E-state index < -0.39 is 0 Å². The molecular weight excluding hydrogens is 182 g/mol. The summed E-state index contributed by atoms with van der Waals surface area (Å²) in [5, 5.41) is 9.22. The van der Waals surface area contributed by atoms with Gasteiger partial charge in [0.1, 0.15) is 0 Å². The minimum atomic E-state index is -0.263. The van der Waals surface area contributed by atoms with Crippen LogP contribution in [0.1, 0.15) is 27.2 Å². The van der Waals surface area contributed by atoms with Crippen molar-refractivity contribution < 1.29 is 14.7 Å². The predicted octanol–water partition coefficient (Wildman–Crippen LogP) is 0.195. The normalized spacial score (nSPS) is 20.4. The fourth-order valence-corrected chi connectivity index (χ4v) is 1.73. The summed E-state index contributed by atoms with van der Waals surface area (Å²) in [5.41, 5.74) is -0.199. The maximum absolute atomic E-state index is 11.4. The lowest BCUT2D eigenvalue weighted by Crippen LogP contribution is -2.47. The Morgan fingerprint density at radius 1 is 1.43 bits per heavy atom. The number of likely N-dealkylation sites (tertiary alicyclic amines) is 1. The molecule has 1 atom stereocenters. The monoisotopic (exact) mass is 199 g/mol. The number of aliphatic hydroxyl groups excluding tert-OH is 1. The quantitative estimate of drug-likeness (QED) is 0.646. The molecule has 1 N–H and O–H groups in total. The second kappa shape index (κ2) is 3.69. The maximum Gasteiger partial charge on any atom is 0.230 e. The Labute approximate surface area is 83.9 Å². The van der Waals surface area contributed by atoms with Gasteiger partial charge in [-0.15, -0.1) is 0 Å². The van der Waals surface area contributed by atoms with E-state index in [2.05, 4.69) is 0 Å². The minimum absolute atomic E-state index is 0.00736. The van der Waals surface area contributed by atoms with Gasteiger partial charge in [-0.25, -0.2) is 0 Å². The molecule has 1 saturated heterocycles. The van der Waals surface area contributed by atoms with Crippen molar-refractivity contribution in [3.05, 3.63) is 0 Å². The first-order chi connectivity index (χ1) is 6.36. The van der Waals surface area contributed by atoms with Crippen LogP contribution < -0.4 is 0 Å². The molecule has 4 nitrogen and oxygen atoms in total. The largest absolute Gasteiger partial charge is 0.394 e. The molecule has 1 aliphatic rings. The fraction of sp³-hybridized carbons (Fsp3) is 0.800. The van der Waals surface area contributed by atoms with Gasteiger partial charge in [0.05, 0.1) is 25.6 Å². The van der Waals surface area contributed by atoms with Crippen molar-refractivity contribution in [2.45, 2.75) is 33.2 Å². The molecule has 1 rings (SSSR count). The molecule has 14 heavy (non-hydrogen) atoms. The van der Waals surface area contributed by atoms with Crippen LogP contribution in [0.3, 0.4) is 0 Å². The molecule has 0 radical (unpaired) electrons. The average molecular weight is 199 g/mol. The second-order valence-corrected chi connectivity index (χ2v) is 4.80. The number of aliphatic hydroxyl groups is 1. The Morgan fingerprint density at radius 3 is 2.29 bits per heavy atom. The molecule has 1 amide bonds. The highest BCUT2D eigenvalue weighted by molar-refractivity contribution is 6.05. The molecular formula is C10H17NO3. The van der Waals surface area contributed by atoms with E-state index >= 15 is 0 Å². The molecule has 0 bridgehead atoms. The minimum Gasteiger partial charge on any atom is -0.394 e. The van der Waals surface area contributed by atoms with Crippen molar-refractivity contribution in [1.82, 2.24) is 4.90 Å². The third-order valence-electron chi connectivity index (χ3n) is 2.56. The van der Waals surface area contributed by atoms with Gasteiger partial charge in [0, 0.05) is 0 Å². The summed E-state index contributed by atoms with van der Waals surface area (Å²) in [6.07, 6.45) is -0.00736. The van der Waals surface area contributed by atoms with Gasteiger partial charge in [0.25, 0.3) is 0 Å². The summed E-state index contributed by atoms with van der Waals surface area (Å²) in [6.45, 7) is 5.90. The first-order valence-corrected chi connectivity index (χ1v) is 4.78. The highest BCUT2D eigenvalue weighted by Crippen LogP contribution is 2.26. The predicted molar refractivity (Wildman–Crippen MR) is 51.7 cm³/mol. The lowest BCUT2D eigenvalue weighted by atomic mass is 9.86. The summed E-state index contributed by atoms with van der Waals surface area (Å²) >= 11 is 0. The Hall–Kier alpha value is -0.900. The van der Waals surface area contributed by atoms with Crippen molar-refractivity contribution in [1.29, 1.82) is 0 Å². The average Bonchev–Trinajstić information content (AvgIpc) is 2.29. The van der Waals surface area contributed by atoms with Gasteiger partial charge in [0.2, 0.25) is 5.91 Å². The molecule has 0 spiro atoms. The van der Waals surface area contributed by atoms with E-state index in [1.165, 1.54) is 4.90 Å². The fourth-order valence-electron chi connectivity index (χ4n) is 1.73. The molecule has 1 aliphatic heterocycles. The van der Waals surface area contributed by atoms with E-state index in [1.807, 2.05) is 20.8 Å². The molecule has 0 aromatic carbocycles. The van der Waals surface area contributed by atoms with Crippen LogP contribution in [0.2, 0.25) is 0 Å². The lowest BCUT2D eigenvalue weighted by molar-refractivity contribution is -0.132. The van der Waals surface area contributed by atoms with Crippen molar-refractivity contribution in [2.24, 2.45) is 5.41 Å². The molecule has 1 heterocycles. The molecule has 80 valence electrons. The summed E-state index contributed by atoms with van der Waals surface area (Å²) in [6, 6.07) is -0.263. The maximum atomic E-state index is 11.4. The number of nitrogens with zero attached hydrogens (tertiary/aromatic N) is 1. The highest BCUT2D eigenvalue weighted by atomic mass is 16.3. The molecule has 1 fully saturated rings. The standard InChI is InChI=1S/C10H17NO3/c1-10(2,3)8(6-12)11-5-7(13)4-9(11)14/h8,12H,4-6H2,1-3H3/t8-/m1/s1. The van der Waals surface area contributed by atoms with Gasteiger partial charge in [0.15, 0.2) is 5.78 Å². The van der Waals surface area contributed by atoms with E-state index in [0.717, 1.165) is 0 Å². The first kappa shape index (κ1) is 11.2. The second-order valence-electron chi connectivity index (χ2n) is 4.80. The number of hydrogen-bond acceptors (Lipinski definition) is 3. The molecule has 0 aromatic heterocycles. The summed E-state index contributed by atoms with van der Waals surface area (Å²) < 4.78 is 0. The summed E-state index contributed by atoms with van der Waals surface area (Å²) in [4.78, 5) is 24.0. The Bertz CT molecular complexity index is 255. The van der Waals surface area contributed by atoms with Crippen LogP contribution in [0.25, 0.3) is 0 Å². The van der Waals surface area contributed by atoms with Crippen LogP contribution in [0.5, 0.6) is 0 Å². The van der Waals surface area contributed by atoms with Crippen molar-refractivity contribution in [3.8, 4) is 0 Å². The Morgan fingerprint density at radius 2 is 2.00 bits per heavy atom. The van der Waals surface area contributed by atoms with Gasteiger partial charge in [-0.05, 0) is 5.41 Å². The van der Waals surface area contributed by atoms with Gasteiger partial charge in [-0.1, -0.05) is 20.8 Å². The molecule has 4 heteroatoms. The van der Waals surface area contributed by atoms with Gasteiger partial charge >= 0.3 is 0 Å². The van der Waals surface area contributed by atoms with Crippen molar-refractivity contribution >= 4 is 11.7 Å². The van der Waals surface area contributed by atoms with Crippen molar-refractivity contribution in [3.63, 3.8) is 0 Å². The van der Waals surface area contributed by atoms with Crippen LogP contribution in [-0.2, 0) is 9.59 Å². The van der Waals surface area contributed by atoms with E-state index in [9.17, 15) is 14.7 Å². The van der Waals surface area contributed by atoms with Crippen LogP contribution in [0.4, 0.5) is 0 Å². The summed E-state index contributed by atoms with van der Waals surface area (Å²) in [7, 11) is 0. The van der Waals surface area contributed by atoms with Crippen LogP contribution in [0, 0.1) is 5.41 Å². The topological polar surface area (TPSA) is 57.6 Å². The Kier molecular flexibility index (Phi) is 2.95. The zero-order chi connectivity index (χ0) is 10.9. The molecule has 0 aromatic rings. The number of amides is 1. The van der Waals surface area contributed by atoms with E-state index in [0.29, 0.717) is 0 Å². The number of carbonyl (C=O) groups excluding carboxylic acids is 2. The zero-order valence-electron chi connectivity index (χ0n) is 8.91. The van der Waals surface area contributed by atoms with E-state index in [1.54, 1.807) is 0 Å².